The van der Waals surface area contributed by atoms with Crippen molar-refractivity contribution in [3.05, 3.63) is 29.8 Å². The molecule has 0 radical (unpaired) electrons. The maximum Gasteiger partial charge on any atom is 0.246 e. The number of nitrogens with one attached hydrogen (secondary N) is 6. The summed E-state index contributed by atoms with van der Waals surface area (Å²) in [5.41, 5.74) is -0.543. The Hall–Kier alpha value is -4.76. The highest BCUT2D eigenvalue weighted by atomic mass is 32.2. The van der Waals surface area contributed by atoms with Crippen LogP contribution in [0.2, 0.25) is 0 Å². The number of aryl methyl sites for hydroxylation is 1. The van der Waals surface area contributed by atoms with Gasteiger partial charge in [-0.2, -0.15) is 0 Å². The maximum absolute atomic E-state index is 14.5. The standard InChI is InChI=1S/C38H54N8O11S/c1-6-12-45-26-10-8-7-9-21(26)22-14-23-32(52)42-24(15-38(5,57)17-47)33(53)39-19(3)31(51)44-28(20(4)48)34(54)43-25(16-58-37(22)45)36(56)46-13-11-27(49)29(46)35(55)40-18(2)30(50)41-23/h7-10,18-20,23-25,27-29,47-49,57H,6,11-17H2,1-5H3,(H,39,53)(H,40,55)(H,41,50)(H,42,52)(H,43,54)(H,44,51). The fourth-order valence-electron chi connectivity index (χ4n) is 7.42. The van der Waals surface area contributed by atoms with Crippen LogP contribution in [0.4, 0.5) is 0 Å². The zero-order chi connectivity index (χ0) is 42.6. The van der Waals surface area contributed by atoms with Gasteiger partial charge in [0.05, 0.1) is 29.4 Å². The van der Waals surface area contributed by atoms with Crippen molar-refractivity contribution >= 4 is 64.0 Å². The summed E-state index contributed by atoms with van der Waals surface area (Å²) in [4.78, 5) is 99.0. The summed E-state index contributed by atoms with van der Waals surface area (Å²) in [5.74, 6) is -6.28. The zero-order valence-corrected chi connectivity index (χ0v) is 33.9. The van der Waals surface area contributed by atoms with Gasteiger partial charge in [-0.3, -0.25) is 33.6 Å². The van der Waals surface area contributed by atoms with E-state index in [2.05, 4.69) is 31.9 Å². The van der Waals surface area contributed by atoms with Crippen LogP contribution in [0.1, 0.15) is 59.4 Å². The van der Waals surface area contributed by atoms with E-state index in [1.165, 1.54) is 39.5 Å². The molecule has 3 aliphatic heterocycles. The minimum atomic E-state index is -1.90. The summed E-state index contributed by atoms with van der Waals surface area (Å²) < 4.78 is 2.00. The molecule has 20 heteroatoms. The third-order valence-electron chi connectivity index (χ3n) is 10.6. The summed E-state index contributed by atoms with van der Waals surface area (Å²) in [7, 11) is 0. The van der Waals surface area contributed by atoms with E-state index in [1.54, 1.807) is 6.07 Å². The summed E-state index contributed by atoms with van der Waals surface area (Å²) in [5, 5.41) is 59.1. The van der Waals surface area contributed by atoms with E-state index in [-0.39, 0.29) is 25.1 Å². The van der Waals surface area contributed by atoms with Crippen LogP contribution in [0.3, 0.4) is 0 Å². The Bertz CT molecular complexity index is 1920. The molecule has 4 heterocycles. The number of carbonyl (C=O) groups is 7. The van der Waals surface area contributed by atoms with Crippen LogP contribution in [0.25, 0.3) is 10.9 Å². The number of nitrogens with zero attached hydrogens (tertiary/aromatic N) is 2. The third-order valence-corrected chi connectivity index (χ3v) is 11.9. The molecular formula is C38H54N8O11S. The molecule has 318 valence electrons. The van der Waals surface area contributed by atoms with Gasteiger partial charge < -0.3 is 61.8 Å². The molecule has 58 heavy (non-hydrogen) atoms. The van der Waals surface area contributed by atoms with Crippen molar-refractivity contribution in [3.63, 3.8) is 0 Å². The Labute approximate surface area is 339 Å². The van der Waals surface area contributed by atoms with Gasteiger partial charge in [-0.1, -0.05) is 25.1 Å². The molecule has 3 aliphatic rings. The van der Waals surface area contributed by atoms with Crippen molar-refractivity contribution in [2.45, 2.75) is 132 Å². The van der Waals surface area contributed by atoms with Crippen LogP contribution in [-0.4, -0.2) is 150 Å². The Morgan fingerprint density at radius 1 is 0.862 bits per heavy atom. The van der Waals surface area contributed by atoms with E-state index in [0.717, 1.165) is 10.4 Å². The number of aromatic nitrogens is 1. The first-order chi connectivity index (χ1) is 27.4. The van der Waals surface area contributed by atoms with Crippen LogP contribution < -0.4 is 31.9 Å². The Morgan fingerprint density at radius 2 is 1.50 bits per heavy atom. The molecule has 7 amide bonds. The minimum Gasteiger partial charge on any atom is -0.393 e. The number of aliphatic hydroxyl groups is 4. The lowest BCUT2D eigenvalue weighted by atomic mass is 9.96. The number of hydrogen-bond donors (Lipinski definition) is 10. The van der Waals surface area contributed by atoms with Gasteiger partial charge in [0, 0.05) is 42.6 Å². The molecule has 10 atom stereocenters. The predicted molar refractivity (Wildman–Crippen MR) is 210 cm³/mol. The summed E-state index contributed by atoms with van der Waals surface area (Å²) in [6.07, 6.45) is -2.88. The van der Waals surface area contributed by atoms with Crippen molar-refractivity contribution in [1.29, 1.82) is 0 Å². The second-order valence-corrected chi connectivity index (χ2v) is 16.5. The normalized spacial score (nSPS) is 29.8. The van der Waals surface area contributed by atoms with Crippen molar-refractivity contribution in [1.82, 2.24) is 41.4 Å². The lowest BCUT2D eigenvalue weighted by Crippen LogP contribution is -2.62. The molecule has 0 spiro atoms. The summed E-state index contributed by atoms with van der Waals surface area (Å²) >= 11 is 1.17. The predicted octanol–water partition coefficient (Wildman–Crippen LogP) is -2.86. The Kier molecular flexibility index (Phi) is 14.1. The van der Waals surface area contributed by atoms with Crippen molar-refractivity contribution in [2.75, 3.05) is 18.9 Å². The minimum absolute atomic E-state index is 0.00957. The fourth-order valence-corrected chi connectivity index (χ4v) is 8.68. The number of thioether (sulfide) groups is 1. The van der Waals surface area contributed by atoms with Gasteiger partial charge in [0.25, 0.3) is 0 Å². The van der Waals surface area contributed by atoms with Gasteiger partial charge in [0.15, 0.2) is 0 Å². The second-order valence-electron chi connectivity index (χ2n) is 15.5. The quantitative estimate of drug-likeness (QED) is 0.141. The van der Waals surface area contributed by atoms with Gasteiger partial charge in [-0.15, -0.1) is 11.8 Å². The van der Waals surface area contributed by atoms with Crippen LogP contribution in [0.15, 0.2) is 29.3 Å². The molecule has 1 aromatic carbocycles. The Morgan fingerprint density at radius 3 is 2.16 bits per heavy atom. The molecular weight excluding hydrogens is 777 g/mol. The lowest BCUT2D eigenvalue weighted by molar-refractivity contribution is -0.144. The average Bonchev–Trinajstić information content (AvgIpc) is 3.70. The van der Waals surface area contributed by atoms with E-state index in [1.807, 2.05) is 29.7 Å². The first-order valence-corrected chi connectivity index (χ1v) is 20.4. The molecule has 10 unspecified atom stereocenters. The fraction of sp³-hybridized carbons (Fsp3) is 0.605. The lowest BCUT2D eigenvalue weighted by Gasteiger charge is -2.31. The first kappa shape index (κ1) is 44.3. The number of benzene rings is 1. The molecule has 1 saturated heterocycles. The number of fused-ring (bicyclic) bond motifs is 5. The van der Waals surface area contributed by atoms with E-state index in [0.29, 0.717) is 28.9 Å². The molecule has 0 aliphatic carbocycles. The molecule has 0 saturated carbocycles. The molecule has 5 rings (SSSR count). The van der Waals surface area contributed by atoms with Gasteiger partial charge in [0.2, 0.25) is 41.4 Å². The third kappa shape index (κ3) is 9.74. The first-order valence-electron chi connectivity index (χ1n) is 19.4. The van der Waals surface area contributed by atoms with Gasteiger partial charge in [-0.25, -0.2) is 0 Å². The molecule has 10 N–H and O–H groups in total. The van der Waals surface area contributed by atoms with E-state index in [9.17, 15) is 54.0 Å². The summed E-state index contributed by atoms with van der Waals surface area (Å²) in [6.45, 7) is 6.70. The smallest absolute Gasteiger partial charge is 0.246 e. The highest BCUT2D eigenvalue weighted by molar-refractivity contribution is 7.99. The number of rotatable bonds is 6. The number of amides is 7. The van der Waals surface area contributed by atoms with Gasteiger partial charge in [0.1, 0.15) is 42.3 Å². The number of carbonyl (C=O) groups excluding carboxylic acids is 7. The monoisotopic (exact) mass is 830 g/mol. The highest BCUT2D eigenvalue weighted by Gasteiger charge is 2.45. The van der Waals surface area contributed by atoms with E-state index < -0.39 is 114 Å². The van der Waals surface area contributed by atoms with Crippen LogP contribution in [-0.2, 0) is 46.5 Å². The zero-order valence-electron chi connectivity index (χ0n) is 33.1. The summed E-state index contributed by atoms with van der Waals surface area (Å²) in [6, 6.07) is -2.83. The molecule has 1 fully saturated rings. The average molecular weight is 831 g/mol. The van der Waals surface area contributed by atoms with Crippen molar-refractivity contribution in [3.8, 4) is 0 Å². The Balaban J connectivity index is 1.75. The molecule has 19 nitrogen and oxygen atoms in total. The highest BCUT2D eigenvalue weighted by Crippen LogP contribution is 2.36. The van der Waals surface area contributed by atoms with Crippen molar-refractivity contribution in [2.24, 2.45) is 0 Å². The van der Waals surface area contributed by atoms with Crippen LogP contribution in [0.5, 0.6) is 0 Å². The van der Waals surface area contributed by atoms with Crippen LogP contribution in [0, 0.1) is 0 Å². The molecule has 1 aromatic heterocycles. The number of aliphatic hydroxyl groups excluding tert-OH is 3. The van der Waals surface area contributed by atoms with Gasteiger partial charge >= 0.3 is 0 Å². The van der Waals surface area contributed by atoms with E-state index in [4.69, 9.17) is 0 Å². The molecule has 2 aromatic rings. The maximum atomic E-state index is 14.5. The molecule has 2 bridgehead atoms. The van der Waals surface area contributed by atoms with Crippen LogP contribution >= 0.6 is 11.8 Å². The number of para-hydroxylation sites is 1. The van der Waals surface area contributed by atoms with Gasteiger partial charge in [-0.05, 0) is 52.2 Å². The number of hydrogen-bond acceptors (Lipinski definition) is 12. The topological polar surface area (TPSA) is 281 Å². The largest absolute Gasteiger partial charge is 0.393 e. The second kappa shape index (κ2) is 18.4. The van der Waals surface area contributed by atoms with Crippen molar-refractivity contribution < 1.29 is 54.0 Å². The van der Waals surface area contributed by atoms with E-state index >= 15 is 0 Å². The SMILES string of the molecule is CCCn1c2c(c3ccccc31)CC1NC(=O)C(C)NC(=O)C3C(O)CCN3C(=O)C(CS2)NC(=O)C(C(C)O)NC(=O)C(C)NC(=O)C(CC(C)(O)CO)NC1=O.